The quantitative estimate of drug-likeness (QED) is 0.654. The molecule has 7 heteroatoms. The number of urea groups is 1. The number of nitrogens with zero attached hydrogens (tertiary/aromatic N) is 2. The molecule has 1 aromatic heterocycles. The third-order valence-electron chi connectivity index (χ3n) is 1.79. The lowest BCUT2D eigenvalue weighted by Crippen LogP contribution is -2.44. The summed E-state index contributed by atoms with van der Waals surface area (Å²) in [6, 6.07) is 0.180. The summed E-state index contributed by atoms with van der Waals surface area (Å²) in [5.41, 5.74) is 0.646. The van der Waals surface area contributed by atoms with E-state index in [2.05, 4.69) is 20.6 Å². The number of nitrogens with one attached hydrogen (secondary N) is 2. The fourth-order valence-corrected chi connectivity index (χ4v) is 0.903. The normalized spacial score (nSPS) is 11.6. The lowest BCUT2D eigenvalue weighted by molar-refractivity contribution is -0.138. The van der Waals surface area contributed by atoms with Gasteiger partial charge in [-0.05, 0) is 13.0 Å². The molecular weight excluding hydrogens is 212 g/mol. The standard InChI is InChI=1S/C9H12N4O3/c1-6(8(14)15)13-9(16)11-4-7-2-3-10-5-12-7/h2-3,5-6H,4H2,1H3,(H,14,15)(H2,11,13,16). The maximum atomic E-state index is 11.2. The van der Waals surface area contributed by atoms with Crippen LogP contribution in [0.3, 0.4) is 0 Å². The van der Waals surface area contributed by atoms with Crippen molar-refractivity contribution in [2.24, 2.45) is 0 Å². The van der Waals surface area contributed by atoms with Gasteiger partial charge in [-0.3, -0.25) is 4.79 Å². The Balaban J connectivity index is 2.33. The summed E-state index contributed by atoms with van der Waals surface area (Å²) >= 11 is 0. The molecule has 3 N–H and O–H groups in total. The first-order valence-electron chi connectivity index (χ1n) is 4.61. The molecule has 0 radical (unpaired) electrons. The molecule has 7 nitrogen and oxygen atoms in total. The first kappa shape index (κ1) is 11.9. The Hall–Kier alpha value is -2.18. The van der Waals surface area contributed by atoms with Crippen LogP contribution in [0, 0.1) is 0 Å². The fourth-order valence-electron chi connectivity index (χ4n) is 0.903. The Kier molecular flexibility index (Phi) is 4.19. The minimum Gasteiger partial charge on any atom is -0.480 e. The highest BCUT2D eigenvalue weighted by Gasteiger charge is 2.13. The molecule has 2 amide bonds. The Morgan fingerprint density at radius 3 is 2.88 bits per heavy atom. The molecule has 1 heterocycles. The molecule has 0 aromatic carbocycles. The van der Waals surface area contributed by atoms with E-state index in [0.29, 0.717) is 5.69 Å². The van der Waals surface area contributed by atoms with Crippen molar-refractivity contribution < 1.29 is 14.7 Å². The van der Waals surface area contributed by atoms with Gasteiger partial charge in [0.1, 0.15) is 12.4 Å². The van der Waals surface area contributed by atoms with E-state index < -0.39 is 18.0 Å². The second-order valence-corrected chi connectivity index (χ2v) is 3.09. The van der Waals surface area contributed by atoms with Crippen LogP contribution in [0.5, 0.6) is 0 Å². The van der Waals surface area contributed by atoms with E-state index in [9.17, 15) is 9.59 Å². The Labute approximate surface area is 91.9 Å². The SMILES string of the molecule is CC(NC(=O)NCc1ccncn1)C(=O)O. The van der Waals surface area contributed by atoms with E-state index in [-0.39, 0.29) is 6.54 Å². The molecule has 0 aliphatic rings. The van der Waals surface area contributed by atoms with Gasteiger partial charge in [-0.25, -0.2) is 14.8 Å². The van der Waals surface area contributed by atoms with E-state index in [1.807, 2.05) is 0 Å². The van der Waals surface area contributed by atoms with Crippen LogP contribution in [0.25, 0.3) is 0 Å². The topological polar surface area (TPSA) is 104 Å². The van der Waals surface area contributed by atoms with Gasteiger partial charge in [0.25, 0.3) is 0 Å². The average Bonchev–Trinajstić information content (AvgIpc) is 2.27. The van der Waals surface area contributed by atoms with Gasteiger partial charge in [0.15, 0.2) is 0 Å². The van der Waals surface area contributed by atoms with Crippen molar-refractivity contribution in [3.63, 3.8) is 0 Å². The van der Waals surface area contributed by atoms with Crippen LogP contribution < -0.4 is 10.6 Å². The van der Waals surface area contributed by atoms with E-state index in [1.165, 1.54) is 13.3 Å². The Bertz CT molecular complexity index is 368. The number of carbonyl (C=O) groups excluding carboxylic acids is 1. The van der Waals surface area contributed by atoms with Gasteiger partial charge in [0.2, 0.25) is 0 Å². The third kappa shape index (κ3) is 3.91. The van der Waals surface area contributed by atoms with Gasteiger partial charge in [0.05, 0.1) is 12.2 Å². The molecule has 86 valence electrons. The number of carboxylic acids is 1. The highest BCUT2D eigenvalue weighted by molar-refractivity contribution is 5.82. The molecule has 0 spiro atoms. The van der Waals surface area contributed by atoms with Gasteiger partial charge in [-0.1, -0.05) is 0 Å². The molecule has 1 unspecified atom stereocenters. The summed E-state index contributed by atoms with van der Waals surface area (Å²) in [6.07, 6.45) is 2.93. The zero-order chi connectivity index (χ0) is 12.0. The molecule has 0 aliphatic carbocycles. The van der Waals surface area contributed by atoms with Crippen LogP contribution >= 0.6 is 0 Å². The second-order valence-electron chi connectivity index (χ2n) is 3.09. The van der Waals surface area contributed by atoms with Gasteiger partial charge in [-0.15, -0.1) is 0 Å². The Morgan fingerprint density at radius 1 is 1.56 bits per heavy atom. The van der Waals surface area contributed by atoms with E-state index in [4.69, 9.17) is 5.11 Å². The first-order valence-corrected chi connectivity index (χ1v) is 4.61. The van der Waals surface area contributed by atoms with Crippen molar-refractivity contribution in [3.8, 4) is 0 Å². The minimum atomic E-state index is -1.09. The van der Waals surface area contributed by atoms with Crippen LogP contribution in [0.2, 0.25) is 0 Å². The van der Waals surface area contributed by atoms with Crippen LogP contribution in [-0.2, 0) is 11.3 Å². The highest BCUT2D eigenvalue weighted by Crippen LogP contribution is 1.89. The Morgan fingerprint density at radius 2 is 2.31 bits per heavy atom. The van der Waals surface area contributed by atoms with Crippen LogP contribution in [0.4, 0.5) is 4.79 Å². The number of aromatic nitrogens is 2. The van der Waals surface area contributed by atoms with Gasteiger partial charge >= 0.3 is 12.0 Å². The maximum absolute atomic E-state index is 11.2. The maximum Gasteiger partial charge on any atom is 0.325 e. The van der Waals surface area contributed by atoms with Gasteiger partial charge in [0, 0.05) is 6.20 Å². The van der Waals surface area contributed by atoms with Crippen LogP contribution in [-0.4, -0.2) is 33.1 Å². The number of hydrogen-bond acceptors (Lipinski definition) is 4. The molecule has 1 aromatic rings. The molecule has 16 heavy (non-hydrogen) atoms. The number of aliphatic carboxylic acids is 1. The van der Waals surface area contributed by atoms with Gasteiger partial charge < -0.3 is 15.7 Å². The average molecular weight is 224 g/mol. The third-order valence-corrected chi connectivity index (χ3v) is 1.79. The number of carbonyl (C=O) groups is 2. The molecular formula is C9H12N4O3. The van der Waals surface area contributed by atoms with Crippen LogP contribution in [0.15, 0.2) is 18.6 Å². The molecule has 0 saturated heterocycles. The molecule has 0 saturated carbocycles. The highest BCUT2D eigenvalue weighted by atomic mass is 16.4. The summed E-state index contributed by atoms with van der Waals surface area (Å²) in [5.74, 6) is -1.09. The predicted molar refractivity (Wildman–Crippen MR) is 54.5 cm³/mol. The molecule has 1 atom stereocenters. The van der Waals surface area contributed by atoms with E-state index in [0.717, 1.165) is 0 Å². The lowest BCUT2D eigenvalue weighted by atomic mass is 10.3. The number of carboxylic acid groups (broad SMARTS) is 1. The van der Waals surface area contributed by atoms with Crippen LogP contribution in [0.1, 0.15) is 12.6 Å². The summed E-state index contributed by atoms with van der Waals surface area (Å²) in [7, 11) is 0. The molecule has 1 rings (SSSR count). The van der Waals surface area contributed by atoms with Crippen molar-refractivity contribution in [1.29, 1.82) is 0 Å². The van der Waals surface area contributed by atoms with Crippen molar-refractivity contribution in [1.82, 2.24) is 20.6 Å². The lowest BCUT2D eigenvalue weighted by Gasteiger charge is -2.10. The predicted octanol–water partition coefficient (Wildman–Crippen LogP) is -0.251. The van der Waals surface area contributed by atoms with E-state index in [1.54, 1.807) is 12.3 Å². The minimum absolute atomic E-state index is 0.223. The summed E-state index contributed by atoms with van der Waals surface area (Å²) in [6.45, 7) is 1.60. The van der Waals surface area contributed by atoms with Gasteiger partial charge in [-0.2, -0.15) is 0 Å². The summed E-state index contributed by atoms with van der Waals surface area (Å²) in [4.78, 5) is 29.3. The first-order chi connectivity index (χ1) is 7.59. The zero-order valence-corrected chi connectivity index (χ0v) is 8.67. The van der Waals surface area contributed by atoms with Crippen molar-refractivity contribution in [3.05, 3.63) is 24.3 Å². The van der Waals surface area contributed by atoms with Crippen molar-refractivity contribution >= 4 is 12.0 Å². The molecule has 0 aliphatic heterocycles. The van der Waals surface area contributed by atoms with Crippen molar-refractivity contribution in [2.75, 3.05) is 0 Å². The summed E-state index contributed by atoms with van der Waals surface area (Å²) in [5, 5.41) is 13.3. The van der Waals surface area contributed by atoms with Crippen molar-refractivity contribution in [2.45, 2.75) is 19.5 Å². The molecule has 0 fully saturated rings. The fraction of sp³-hybridized carbons (Fsp3) is 0.333. The zero-order valence-electron chi connectivity index (χ0n) is 8.67. The summed E-state index contributed by atoms with van der Waals surface area (Å²) < 4.78 is 0. The largest absolute Gasteiger partial charge is 0.480 e. The number of amides is 2. The number of hydrogen-bond donors (Lipinski definition) is 3. The number of rotatable bonds is 4. The monoisotopic (exact) mass is 224 g/mol. The second kappa shape index (κ2) is 5.64. The smallest absolute Gasteiger partial charge is 0.325 e. The van der Waals surface area contributed by atoms with E-state index >= 15 is 0 Å². The molecule has 0 bridgehead atoms.